The molecule has 2 aliphatic heterocycles. The van der Waals surface area contributed by atoms with Crippen LogP contribution in [0.2, 0.25) is 0 Å². The predicted octanol–water partition coefficient (Wildman–Crippen LogP) is 1.53. The van der Waals surface area contributed by atoms with Crippen LogP contribution >= 0.6 is 0 Å². The minimum absolute atomic E-state index is 0.0139. The Morgan fingerprint density at radius 2 is 1.85 bits per heavy atom. The standard InChI is InChI=1S/C20H24N4O3/c25-19(24-8-6-15-11-21-12-16(15)7-9-24)13-22-20(26)17-10-18(27-23-17)14-4-2-1-3-5-14/h1-5,10,15-16,21H,6-9,11-13H2,(H,22,26)/t15-,16+. The smallest absolute Gasteiger partial charge is 0.273 e. The number of fused-ring (bicyclic) bond motifs is 1. The van der Waals surface area contributed by atoms with Gasteiger partial charge in [0, 0.05) is 24.7 Å². The molecule has 7 heteroatoms. The zero-order valence-corrected chi connectivity index (χ0v) is 15.2. The normalized spacial score (nSPS) is 22.1. The predicted molar refractivity (Wildman–Crippen MR) is 99.9 cm³/mol. The van der Waals surface area contributed by atoms with Gasteiger partial charge in [0.25, 0.3) is 5.91 Å². The minimum Gasteiger partial charge on any atom is -0.355 e. The summed E-state index contributed by atoms with van der Waals surface area (Å²) >= 11 is 0. The van der Waals surface area contributed by atoms with Gasteiger partial charge < -0.3 is 20.1 Å². The highest BCUT2D eigenvalue weighted by molar-refractivity contribution is 5.95. The van der Waals surface area contributed by atoms with Crippen molar-refractivity contribution in [2.24, 2.45) is 11.8 Å². The van der Waals surface area contributed by atoms with Crippen LogP contribution in [0.4, 0.5) is 0 Å². The molecule has 2 aromatic rings. The van der Waals surface area contributed by atoms with E-state index in [1.54, 1.807) is 6.07 Å². The van der Waals surface area contributed by atoms with E-state index in [1.165, 1.54) is 0 Å². The Bertz CT molecular complexity index is 791. The van der Waals surface area contributed by atoms with Gasteiger partial charge in [-0.1, -0.05) is 35.5 Å². The van der Waals surface area contributed by atoms with Crippen molar-refractivity contribution >= 4 is 11.8 Å². The van der Waals surface area contributed by atoms with E-state index >= 15 is 0 Å². The molecule has 0 radical (unpaired) electrons. The molecule has 2 fully saturated rings. The van der Waals surface area contributed by atoms with E-state index in [4.69, 9.17) is 4.52 Å². The quantitative estimate of drug-likeness (QED) is 0.855. The maximum atomic E-state index is 12.5. The number of carbonyl (C=O) groups excluding carboxylic acids is 2. The molecule has 2 aliphatic rings. The summed E-state index contributed by atoms with van der Waals surface area (Å²) in [5, 5.41) is 9.92. The molecule has 0 spiro atoms. The first kappa shape index (κ1) is 17.7. The van der Waals surface area contributed by atoms with Gasteiger partial charge in [0.05, 0.1) is 6.54 Å². The van der Waals surface area contributed by atoms with Crippen molar-refractivity contribution in [1.29, 1.82) is 0 Å². The van der Waals surface area contributed by atoms with Crippen LogP contribution in [0.5, 0.6) is 0 Å². The molecule has 0 aliphatic carbocycles. The van der Waals surface area contributed by atoms with Crippen LogP contribution in [-0.2, 0) is 4.79 Å². The molecule has 0 unspecified atom stereocenters. The molecule has 3 heterocycles. The highest BCUT2D eigenvalue weighted by Gasteiger charge is 2.31. The Labute approximate surface area is 158 Å². The minimum atomic E-state index is -0.398. The van der Waals surface area contributed by atoms with E-state index in [0.29, 0.717) is 17.6 Å². The van der Waals surface area contributed by atoms with Crippen LogP contribution in [0.1, 0.15) is 23.3 Å². The zero-order chi connectivity index (χ0) is 18.6. The van der Waals surface area contributed by atoms with Crippen molar-refractivity contribution in [3.05, 3.63) is 42.1 Å². The number of benzene rings is 1. The summed E-state index contributed by atoms with van der Waals surface area (Å²) in [6, 6.07) is 11.1. The van der Waals surface area contributed by atoms with Gasteiger partial charge in [-0.2, -0.15) is 0 Å². The fourth-order valence-electron chi connectivity index (χ4n) is 3.95. The lowest BCUT2D eigenvalue weighted by molar-refractivity contribution is -0.130. The van der Waals surface area contributed by atoms with Crippen LogP contribution in [0.3, 0.4) is 0 Å². The van der Waals surface area contributed by atoms with Gasteiger partial charge in [-0.3, -0.25) is 9.59 Å². The van der Waals surface area contributed by atoms with Gasteiger partial charge in [0.15, 0.2) is 11.5 Å². The second-order valence-corrected chi connectivity index (χ2v) is 7.26. The highest BCUT2D eigenvalue weighted by Crippen LogP contribution is 2.27. The molecule has 142 valence electrons. The third kappa shape index (κ3) is 4.03. The van der Waals surface area contributed by atoms with Crippen molar-refractivity contribution in [3.63, 3.8) is 0 Å². The summed E-state index contributed by atoms with van der Waals surface area (Å²) in [6.07, 6.45) is 2.06. The molecule has 1 aromatic carbocycles. The maximum Gasteiger partial charge on any atom is 0.273 e. The lowest BCUT2D eigenvalue weighted by Gasteiger charge is -2.21. The van der Waals surface area contributed by atoms with Crippen molar-refractivity contribution in [1.82, 2.24) is 20.7 Å². The summed E-state index contributed by atoms with van der Waals surface area (Å²) < 4.78 is 5.24. The van der Waals surface area contributed by atoms with Gasteiger partial charge in [-0.05, 0) is 37.8 Å². The number of nitrogens with zero attached hydrogens (tertiary/aromatic N) is 2. The molecule has 2 amide bonds. The van der Waals surface area contributed by atoms with Crippen molar-refractivity contribution in [2.75, 3.05) is 32.7 Å². The molecule has 0 saturated carbocycles. The lowest BCUT2D eigenvalue weighted by atomic mass is 9.92. The van der Waals surface area contributed by atoms with Crippen LogP contribution in [0, 0.1) is 11.8 Å². The summed E-state index contributed by atoms with van der Waals surface area (Å²) in [4.78, 5) is 26.6. The monoisotopic (exact) mass is 368 g/mol. The fourth-order valence-corrected chi connectivity index (χ4v) is 3.95. The van der Waals surface area contributed by atoms with Crippen molar-refractivity contribution in [2.45, 2.75) is 12.8 Å². The Morgan fingerprint density at radius 1 is 1.15 bits per heavy atom. The molecular formula is C20H24N4O3. The Kier molecular flexibility index (Phi) is 5.20. The van der Waals surface area contributed by atoms with Crippen molar-refractivity contribution in [3.8, 4) is 11.3 Å². The molecule has 2 saturated heterocycles. The van der Waals surface area contributed by atoms with Gasteiger partial charge >= 0.3 is 0 Å². The van der Waals surface area contributed by atoms with Crippen LogP contribution in [0.15, 0.2) is 40.9 Å². The largest absolute Gasteiger partial charge is 0.355 e. The number of aromatic nitrogens is 1. The molecule has 0 bridgehead atoms. The Morgan fingerprint density at radius 3 is 2.56 bits per heavy atom. The zero-order valence-electron chi connectivity index (χ0n) is 15.2. The SMILES string of the molecule is O=C(NCC(=O)N1CC[C@@H]2CNC[C@@H]2CC1)c1cc(-c2ccccc2)on1. The molecule has 2 N–H and O–H groups in total. The fraction of sp³-hybridized carbons (Fsp3) is 0.450. The Hall–Kier alpha value is -2.67. The molecule has 1 aromatic heterocycles. The summed E-state index contributed by atoms with van der Waals surface area (Å²) in [7, 11) is 0. The van der Waals surface area contributed by atoms with Gasteiger partial charge in [0.1, 0.15) is 0 Å². The van der Waals surface area contributed by atoms with Crippen LogP contribution in [0.25, 0.3) is 11.3 Å². The average Bonchev–Trinajstić information content (AvgIpc) is 3.33. The third-order valence-electron chi connectivity index (χ3n) is 5.57. The maximum absolute atomic E-state index is 12.5. The van der Waals surface area contributed by atoms with Crippen LogP contribution in [-0.4, -0.2) is 54.6 Å². The first-order chi connectivity index (χ1) is 13.2. The lowest BCUT2D eigenvalue weighted by Crippen LogP contribution is -2.41. The number of hydrogen-bond acceptors (Lipinski definition) is 5. The van der Waals surface area contributed by atoms with Gasteiger partial charge in [0.2, 0.25) is 5.91 Å². The molecular weight excluding hydrogens is 344 g/mol. The van der Waals surface area contributed by atoms with E-state index < -0.39 is 5.91 Å². The number of carbonyl (C=O) groups is 2. The number of nitrogens with one attached hydrogen (secondary N) is 2. The number of likely N-dealkylation sites (tertiary alicyclic amines) is 1. The second-order valence-electron chi connectivity index (χ2n) is 7.26. The van der Waals surface area contributed by atoms with E-state index in [0.717, 1.165) is 44.6 Å². The summed E-state index contributed by atoms with van der Waals surface area (Å²) in [5.41, 5.74) is 1.03. The van der Waals surface area contributed by atoms with Gasteiger partial charge in [-0.25, -0.2) is 0 Å². The van der Waals surface area contributed by atoms with Gasteiger partial charge in [-0.15, -0.1) is 0 Å². The molecule has 4 rings (SSSR count). The summed E-state index contributed by atoms with van der Waals surface area (Å²) in [5.74, 6) is 1.43. The van der Waals surface area contributed by atoms with E-state index in [9.17, 15) is 9.59 Å². The topological polar surface area (TPSA) is 87.5 Å². The van der Waals surface area contributed by atoms with Crippen molar-refractivity contribution < 1.29 is 14.1 Å². The van der Waals surface area contributed by atoms with E-state index in [2.05, 4.69) is 15.8 Å². The molecule has 7 nitrogen and oxygen atoms in total. The Balaban J connectivity index is 1.30. The highest BCUT2D eigenvalue weighted by atomic mass is 16.5. The number of amides is 2. The summed E-state index contributed by atoms with van der Waals surface area (Å²) in [6.45, 7) is 3.62. The first-order valence-corrected chi connectivity index (χ1v) is 9.49. The number of hydrogen-bond donors (Lipinski definition) is 2. The number of rotatable bonds is 4. The van der Waals surface area contributed by atoms with E-state index in [1.807, 2.05) is 35.2 Å². The van der Waals surface area contributed by atoms with E-state index in [-0.39, 0.29) is 18.1 Å². The molecule has 2 atom stereocenters. The molecule has 27 heavy (non-hydrogen) atoms. The van der Waals surface area contributed by atoms with Crippen LogP contribution < -0.4 is 10.6 Å². The second kappa shape index (κ2) is 7.92. The average molecular weight is 368 g/mol. The first-order valence-electron chi connectivity index (χ1n) is 9.49. The third-order valence-corrected chi connectivity index (χ3v) is 5.57.